The number of hydrogen-bond donors (Lipinski definition) is 0. The van der Waals surface area contributed by atoms with Crippen LogP contribution in [0.25, 0.3) is 11.5 Å². The van der Waals surface area contributed by atoms with Crippen LogP contribution in [-0.4, -0.2) is 34.0 Å². The third kappa shape index (κ3) is 3.63. The summed E-state index contributed by atoms with van der Waals surface area (Å²) >= 11 is 7.48. The van der Waals surface area contributed by atoms with Crippen molar-refractivity contribution >= 4 is 35.2 Å². The third-order valence-corrected chi connectivity index (χ3v) is 5.45. The van der Waals surface area contributed by atoms with Gasteiger partial charge in [-0.3, -0.25) is 14.5 Å². The molecule has 3 aromatic rings. The van der Waals surface area contributed by atoms with Crippen LogP contribution in [0.4, 0.5) is 0 Å². The highest BCUT2D eigenvalue weighted by molar-refractivity contribution is 7.98. The lowest BCUT2D eigenvalue weighted by atomic mass is 10.1. The maximum atomic E-state index is 12.3. The molecule has 4 rings (SSSR count). The molecule has 0 N–H and O–H groups in total. The first kappa shape index (κ1) is 17.8. The summed E-state index contributed by atoms with van der Waals surface area (Å²) in [5.74, 6) is 1.38. The maximum absolute atomic E-state index is 12.3. The fraction of sp³-hybridized carbons (Fsp3) is 0.150. The van der Waals surface area contributed by atoms with Crippen molar-refractivity contribution in [3.8, 4) is 11.5 Å². The highest BCUT2D eigenvalue weighted by Crippen LogP contribution is 2.24. The smallest absolute Gasteiger partial charge is 0.261 e. The number of hydrogen-bond acceptors (Lipinski definition) is 5. The Morgan fingerprint density at radius 1 is 1.00 bits per heavy atom. The van der Waals surface area contributed by atoms with E-state index in [9.17, 15) is 9.59 Å². The number of aromatic nitrogens is 1. The Kier molecular flexibility index (Phi) is 5.01. The summed E-state index contributed by atoms with van der Waals surface area (Å²) < 4.78 is 5.51. The topological polar surface area (TPSA) is 63.4 Å². The standard InChI is InChI=1S/C20H15ClN2O3S/c21-14-7-5-13(6-8-14)18-22-15(11-26-18)12-27-10-9-23-19(24)16-3-1-2-4-17(16)20(23)25/h1-8,11H,9-10,12H2. The molecule has 0 radical (unpaired) electrons. The minimum atomic E-state index is -0.220. The molecule has 1 aliphatic heterocycles. The molecule has 2 amide bonds. The molecule has 0 unspecified atom stereocenters. The SMILES string of the molecule is O=C1c2ccccc2C(=O)N1CCSCc1coc(-c2ccc(Cl)cc2)n1. The minimum Gasteiger partial charge on any atom is -0.444 e. The van der Waals surface area contributed by atoms with E-state index in [0.717, 1.165) is 11.3 Å². The molecule has 27 heavy (non-hydrogen) atoms. The van der Waals surface area contributed by atoms with Gasteiger partial charge in [-0.2, -0.15) is 11.8 Å². The Balaban J connectivity index is 1.31. The van der Waals surface area contributed by atoms with Crippen molar-refractivity contribution in [2.24, 2.45) is 0 Å². The molecule has 5 nitrogen and oxygen atoms in total. The first-order valence-corrected chi connectivity index (χ1v) is 9.90. The van der Waals surface area contributed by atoms with Crippen molar-refractivity contribution in [3.05, 3.63) is 76.6 Å². The largest absolute Gasteiger partial charge is 0.444 e. The second-order valence-corrected chi connectivity index (χ2v) is 7.55. The van der Waals surface area contributed by atoms with Gasteiger partial charge in [0.05, 0.1) is 16.8 Å². The van der Waals surface area contributed by atoms with Crippen LogP contribution < -0.4 is 0 Å². The molecule has 0 saturated carbocycles. The van der Waals surface area contributed by atoms with E-state index in [1.165, 1.54) is 4.90 Å². The molecule has 1 aliphatic rings. The highest BCUT2D eigenvalue weighted by Gasteiger charge is 2.34. The number of carbonyl (C=O) groups excluding carboxylic acids is 2. The number of thioether (sulfide) groups is 1. The fourth-order valence-corrected chi connectivity index (χ4v) is 3.80. The van der Waals surface area contributed by atoms with Gasteiger partial charge in [0.15, 0.2) is 0 Å². The Morgan fingerprint density at radius 2 is 1.67 bits per heavy atom. The quantitative estimate of drug-likeness (QED) is 0.451. The summed E-state index contributed by atoms with van der Waals surface area (Å²) in [6.45, 7) is 0.374. The van der Waals surface area contributed by atoms with Crippen LogP contribution >= 0.6 is 23.4 Å². The number of imide groups is 1. The van der Waals surface area contributed by atoms with Gasteiger partial charge in [-0.1, -0.05) is 23.7 Å². The summed E-state index contributed by atoms with van der Waals surface area (Å²) in [5.41, 5.74) is 2.64. The van der Waals surface area contributed by atoms with Gasteiger partial charge in [-0.05, 0) is 36.4 Å². The van der Waals surface area contributed by atoms with E-state index in [1.807, 2.05) is 12.1 Å². The van der Waals surface area contributed by atoms with Crippen molar-refractivity contribution < 1.29 is 14.0 Å². The summed E-state index contributed by atoms with van der Waals surface area (Å²) in [6, 6.07) is 14.2. The van der Waals surface area contributed by atoms with Crippen molar-refractivity contribution in [1.29, 1.82) is 0 Å². The zero-order valence-electron chi connectivity index (χ0n) is 14.2. The molecule has 0 spiro atoms. The Morgan fingerprint density at radius 3 is 2.33 bits per heavy atom. The lowest BCUT2D eigenvalue weighted by molar-refractivity contribution is 0.0664. The normalized spacial score (nSPS) is 13.3. The molecule has 0 saturated heterocycles. The van der Waals surface area contributed by atoms with Crippen LogP contribution in [0, 0.1) is 0 Å². The Hall–Kier alpha value is -2.57. The highest BCUT2D eigenvalue weighted by atomic mass is 35.5. The van der Waals surface area contributed by atoms with Gasteiger partial charge < -0.3 is 4.42 Å². The third-order valence-electron chi connectivity index (χ3n) is 4.23. The van der Waals surface area contributed by atoms with Crippen LogP contribution in [0.2, 0.25) is 5.02 Å². The van der Waals surface area contributed by atoms with Gasteiger partial charge in [0.1, 0.15) is 6.26 Å². The first-order valence-electron chi connectivity index (χ1n) is 8.37. The Labute approximate surface area is 165 Å². The van der Waals surface area contributed by atoms with Crippen molar-refractivity contribution in [2.75, 3.05) is 12.3 Å². The van der Waals surface area contributed by atoms with Crippen molar-refractivity contribution in [2.45, 2.75) is 5.75 Å². The predicted octanol–water partition coefficient (Wildman–Crippen LogP) is 4.52. The van der Waals surface area contributed by atoms with Crippen LogP contribution in [0.1, 0.15) is 26.4 Å². The van der Waals surface area contributed by atoms with E-state index in [0.29, 0.717) is 40.1 Å². The molecule has 0 fully saturated rings. The number of amides is 2. The lowest BCUT2D eigenvalue weighted by Gasteiger charge is -2.12. The fourth-order valence-electron chi connectivity index (χ4n) is 2.87. The lowest BCUT2D eigenvalue weighted by Crippen LogP contribution is -2.31. The summed E-state index contributed by atoms with van der Waals surface area (Å²) in [5, 5.41) is 0.661. The van der Waals surface area contributed by atoms with Gasteiger partial charge >= 0.3 is 0 Å². The molecule has 2 heterocycles. The minimum absolute atomic E-state index is 0.220. The average Bonchev–Trinajstić information content (AvgIpc) is 3.25. The van der Waals surface area contributed by atoms with Crippen LogP contribution in [0.5, 0.6) is 0 Å². The number of benzene rings is 2. The van der Waals surface area contributed by atoms with Crippen LogP contribution in [0.15, 0.2) is 59.2 Å². The predicted molar refractivity (Wildman–Crippen MR) is 105 cm³/mol. The van der Waals surface area contributed by atoms with Crippen LogP contribution in [-0.2, 0) is 5.75 Å². The maximum Gasteiger partial charge on any atom is 0.261 e. The van der Waals surface area contributed by atoms with E-state index in [4.69, 9.17) is 16.0 Å². The summed E-state index contributed by atoms with van der Waals surface area (Å²) in [6.07, 6.45) is 1.62. The van der Waals surface area contributed by atoms with E-state index in [1.54, 1.807) is 54.4 Å². The van der Waals surface area contributed by atoms with Crippen LogP contribution in [0.3, 0.4) is 0 Å². The monoisotopic (exact) mass is 398 g/mol. The van der Waals surface area contributed by atoms with Gasteiger partial charge in [0.25, 0.3) is 11.8 Å². The number of halogens is 1. The van der Waals surface area contributed by atoms with Gasteiger partial charge in [0.2, 0.25) is 5.89 Å². The molecular weight excluding hydrogens is 384 g/mol. The number of rotatable bonds is 6. The zero-order valence-corrected chi connectivity index (χ0v) is 15.8. The van der Waals surface area contributed by atoms with E-state index in [2.05, 4.69) is 4.98 Å². The molecule has 2 aromatic carbocycles. The summed E-state index contributed by atoms with van der Waals surface area (Å²) in [4.78, 5) is 30.4. The average molecular weight is 399 g/mol. The molecule has 0 atom stereocenters. The molecule has 0 aliphatic carbocycles. The van der Waals surface area contributed by atoms with Gasteiger partial charge in [-0.15, -0.1) is 0 Å². The van der Waals surface area contributed by atoms with E-state index < -0.39 is 0 Å². The molecule has 136 valence electrons. The number of nitrogens with zero attached hydrogens (tertiary/aromatic N) is 2. The van der Waals surface area contributed by atoms with E-state index in [-0.39, 0.29) is 11.8 Å². The van der Waals surface area contributed by atoms with Crippen molar-refractivity contribution in [3.63, 3.8) is 0 Å². The molecule has 1 aromatic heterocycles. The second-order valence-electron chi connectivity index (χ2n) is 6.01. The second kappa shape index (κ2) is 7.58. The summed E-state index contributed by atoms with van der Waals surface area (Å²) in [7, 11) is 0. The molecule has 0 bridgehead atoms. The molecular formula is C20H15ClN2O3S. The van der Waals surface area contributed by atoms with E-state index >= 15 is 0 Å². The number of oxazole rings is 1. The molecule has 7 heteroatoms. The first-order chi connectivity index (χ1) is 13.1. The Bertz CT molecular complexity index is 965. The zero-order chi connectivity index (χ0) is 18.8. The van der Waals surface area contributed by atoms with Gasteiger partial charge in [-0.25, -0.2) is 4.98 Å². The number of carbonyl (C=O) groups is 2. The van der Waals surface area contributed by atoms with Crippen molar-refractivity contribution in [1.82, 2.24) is 9.88 Å². The van der Waals surface area contributed by atoms with Gasteiger partial charge in [0, 0.05) is 28.6 Å². The number of fused-ring (bicyclic) bond motifs is 1.